The molecular weight excluding hydrogens is 348 g/mol. The maximum absolute atomic E-state index is 10.2. The van der Waals surface area contributed by atoms with Crippen LogP contribution < -0.4 is 10.6 Å². The highest BCUT2D eigenvalue weighted by molar-refractivity contribution is 6.31. The summed E-state index contributed by atoms with van der Waals surface area (Å²) in [5.74, 6) is 5.87. The lowest BCUT2D eigenvalue weighted by Crippen LogP contribution is -2.35. The maximum atomic E-state index is 10.2. The molecule has 9 heteroatoms. The number of nitrogens with one attached hydrogen (secondary N) is 2. The third-order valence-electron chi connectivity index (χ3n) is 4.06. The molecule has 4 atom stereocenters. The molecule has 1 aromatic rings. The quantitative estimate of drug-likeness (QED) is 0.260. The van der Waals surface area contributed by atoms with Gasteiger partial charge in [-0.05, 0) is 13.3 Å². The fourth-order valence-corrected chi connectivity index (χ4v) is 2.96. The molecule has 0 bridgehead atoms. The van der Waals surface area contributed by atoms with E-state index in [4.69, 9.17) is 16.3 Å². The van der Waals surface area contributed by atoms with Crippen molar-refractivity contribution < 1.29 is 20.1 Å². The average molecular weight is 371 g/mol. The number of aliphatic hydroxyl groups is 3. The number of anilines is 2. The number of aliphatic hydroxyl groups excluding tert-OH is 3. The summed E-state index contributed by atoms with van der Waals surface area (Å²) < 4.78 is 4.97. The molecule has 1 aliphatic rings. The van der Waals surface area contributed by atoms with Crippen molar-refractivity contribution in [2.24, 2.45) is 5.92 Å². The fourth-order valence-electron chi connectivity index (χ4n) is 2.74. The highest BCUT2D eigenvalue weighted by Crippen LogP contribution is 2.30. The fraction of sp³-hybridized carbons (Fsp3) is 0.625. The molecule has 2 rings (SSSR count). The van der Waals surface area contributed by atoms with Gasteiger partial charge in [0.1, 0.15) is 17.5 Å². The zero-order valence-electron chi connectivity index (χ0n) is 14.2. The summed E-state index contributed by atoms with van der Waals surface area (Å²) in [5.41, 5.74) is 0.413. The van der Waals surface area contributed by atoms with E-state index < -0.39 is 24.2 Å². The third-order valence-corrected chi connectivity index (χ3v) is 4.34. The van der Waals surface area contributed by atoms with Crippen LogP contribution in [0.15, 0.2) is 0 Å². The van der Waals surface area contributed by atoms with Crippen molar-refractivity contribution >= 4 is 23.4 Å². The molecule has 1 aliphatic carbocycles. The summed E-state index contributed by atoms with van der Waals surface area (Å²) in [6.45, 7) is 2.45. The summed E-state index contributed by atoms with van der Waals surface area (Å²) >= 11 is 6.22. The van der Waals surface area contributed by atoms with Crippen molar-refractivity contribution in [2.75, 3.05) is 37.5 Å². The third kappa shape index (κ3) is 4.71. The first-order valence-electron chi connectivity index (χ1n) is 7.98. The van der Waals surface area contributed by atoms with Crippen molar-refractivity contribution in [1.82, 2.24) is 9.97 Å². The monoisotopic (exact) mass is 370 g/mol. The van der Waals surface area contributed by atoms with E-state index >= 15 is 0 Å². The van der Waals surface area contributed by atoms with Crippen molar-refractivity contribution in [1.29, 1.82) is 0 Å². The van der Waals surface area contributed by atoms with E-state index in [9.17, 15) is 15.3 Å². The number of ether oxygens (including phenoxy) is 1. The van der Waals surface area contributed by atoms with E-state index in [0.29, 0.717) is 36.9 Å². The molecule has 4 unspecified atom stereocenters. The van der Waals surface area contributed by atoms with Gasteiger partial charge in [0.2, 0.25) is 5.95 Å². The summed E-state index contributed by atoms with van der Waals surface area (Å²) in [6.07, 6.45) is -1.63. The van der Waals surface area contributed by atoms with Crippen molar-refractivity contribution in [3.63, 3.8) is 0 Å². The van der Waals surface area contributed by atoms with Crippen LogP contribution in [-0.2, 0) is 4.74 Å². The van der Waals surface area contributed by atoms with Crippen molar-refractivity contribution in [3.05, 3.63) is 10.7 Å². The average Bonchev–Trinajstić information content (AvgIpc) is 2.86. The highest BCUT2D eigenvalue weighted by atomic mass is 35.5. The van der Waals surface area contributed by atoms with Crippen LogP contribution >= 0.6 is 11.6 Å². The van der Waals surface area contributed by atoms with Gasteiger partial charge in [-0.1, -0.05) is 17.5 Å². The van der Waals surface area contributed by atoms with Gasteiger partial charge in [-0.2, -0.15) is 9.97 Å². The topological polar surface area (TPSA) is 120 Å². The minimum atomic E-state index is -1.03. The molecule has 0 saturated heterocycles. The zero-order chi connectivity index (χ0) is 18.4. The second-order valence-electron chi connectivity index (χ2n) is 5.77. The standard InChI is InChI=1S/C16H23ClN4O4/c1-3-4-10-14(17)20-16(18-5-6-25-2)21-15(10)19-11-7-9(8-22)12(23)13(11)24/h9,11-13,22-24H,5-8H2,1-2H3,(H2,18,19,20,21). The van der Waals surface area contributed by atoms with Crippen LogP contribution in [0, 0.1) is 17.8 Å². The van der Waals surface area contributed by atoms with Crippen LogP contribution in [0.1, 0.15) is 18.9 Å². The molecule has 0 aliphatic heterocycles. The molecule has 0 amide bonds. The molecule has 8 nitrogen and oxygen atoms in total. The lowest BCUT2D eigenvalue weighted by molar-refractivity contribution is 0.00445. The maximum Gasteiger partial charge on any atom is 0.226 e. The molecule has 5 N–H and O–H groups in total. The Balaban J connectivity index is 2.25. The van der Waals surface area contributed by atoms with Gasteiger partial charge in [0.25, 0.3) is 0 Å². The second-order valence-corrected chi connectivity index (χ2v) is 6.12. The number of nitrogens with zero attached hydrogens (tertiary/aromatic N) is 2. The van der Waals surface area contributed by atoms with E-state index in [1.54, 1.807) is 14.0 Å². The predicted molar refractivity (Wildman–Crippen MR) is 94.6 cm³/mol. The van der Waals surface area contributed by atoms with Gasteiger partial charge in [-0.3, -0.25) is 0 Å². The number of halogens is 1. The minimum Gasteiger partial charge on any atom is -0.396 e. The minimum absolute atomic E-state index is 0.179. The second kappa shape index (κ2) is 9.17. The van der Waals surface area contributed by atoms with Gasteiger partial charge < -0.3 is 30.7 Å². The predicted octanol–water partition coefficient (Wildman–Crippen LogP) is 0.0742. The lowest BCUT2D eigenvalue weighted by atomic mass is 10.1. The van der Waals surface area contributed by atoms with Crippen molar-refractivity contribution in [2.45, 2.75) is 31.6 Å². The Morgan fingerprint density at radius 1 is 1.32 bits per heavy atom. The number of rotatable bonds is 7. The van der Waals surface area contributed by atoms with Crippen LogP contribution in [-0.4, -0.2) is 70.4 Å². The Labute approximate surface area is 151 Å². The molecule has 0 radical (unpaired) electrons. The smallest absolute Gasteiger partial charge is 0.226 e. The van der Waals surface area contributed by atoms with Gasteiger partial charge >= 0.3 is 0 Å². The lowest BCUT2D eigenvalue weighted by Gasteiger charge is -2.20. The Morgan fingerprint density at radius 2 is 2.08 bits per heavy atom. The molecule has 1 heterocycles. The van der Waals surface area contributed by atoms with Gasteiger partial charge in [0, 0.05) is 26.2 Å². The Kier molecular flexibility index (Phi) is 7.23. The summed E-state index contributed by atoms with van der Waals surface area (Å²) in [6, 6.07) is -0.484. The highest BCUT2D eigenvalue weighted by Gasteiger charge is 2.41. The normalized spacial score (nSPS) is 25.4. The van der Waals surface area contributed by atoms with Gasteiger partial charge in [-0.25, -0.2) is 0 Å². The van der Waals surface area contributed by atoms with E-state index in [2.05, 4.69) is 32.4 Å². The Hall–Kier alpha value is -1.63. The molecule has 1 saturated carbocycles. The first-order valence-corrected chi connectivity index (χ1v) is 8.36. The molecule has 1 fully saturated rings. The van der Waals surface area contributed by atoms with Gasteiger partial charge in [0.15, 0.2) is 5.15 Å². The van der Waals surface area contributed by atoms with Crippen molar-refractivity contribution in [3.8, 4) is 11.8 Å². The Bertz CT molecular complexity index is 649. The van der Waals surface area contributed by atoms with Crippen LogP contribution in [0.5, 0.6) is 0 Å². The molecular formula is C16H23ClN4O4. The molecule has 0 spiro atoms. The number of hydrogen-bond donors (Lipinski definition) is 5. The zero-order valence-corrected chi connectivity index (χ0v) is 14.9. The first-order chi connectivity index (χ1) is 12.0. The van der Waals surface area contributed by atoms with Gasteiger partial charge in [-0.15, -0.1) is 5.92 Å². The largest absolute Gasteiger partial charge is 0.396 e. The molecule has 1 aromatic heterocycles. The van der Waals surface area contributed by atoms with Crippen LogP contribution in [0.2, 0.25) is 5.15 Å². The molecule has 138 valence electrons. The van der Waals surface area contributed by atoms with Crippen LogP contribution in [0.4, 0.5) is 11.8 Å². The summed E-state index contributed by atoms with van der Waals surface area (Å²) in [4.78, 5) is 8.52. The van der Waals surface area contributed by atoms with Gasteiger partial charge in [0.05, 0.1) is 18.8 Å². The first kappa shape index (κ1) is 19.7. The number of hydrogen-bond acceptors (Lipinski definition) is 8. The molecule has 25 heavy (non-hydrogen) atoms. The molecule has 0 aromatic carbocycles. The van der Waals surface area contributed by atoms with E-state index in [-0.39, 0.29) is 11.8 Å². The Morgan fingerprint density at radius 3 is 2.68 bits per heavy atom. The summed E-state index contributed by atoms with van der Waals surface area (Å²) in [7, 11) is 1.59. The van der Waals surface area contributed by atoms with Crippen LogP contribution in [0.3, 0.4) is 0 Å². The van der Waals surface area contributed by atoms with E-state index in [0.717, 1.165) is 0 Å². The number of methoxy groups -OCH3 is 1. The van der Waals surface area contributed by atoms with E-state index in [1.807, 2.05) is 0 Å². The van der Waals surface area contributed by atoms with Crippen LogP contribution in [0.25, 0.3) is 0 Å². The summed E-state index contributed by atoms with van der Waals surface area (Å²) in [5, 5.41) is 35.7. The number of aromatic nitrogens is 2. The van der Waals surface area contributed by atoms with E-state index in [1.165, 1.54) is 0 Å². The SMILES string of the molecule is CC#Cc1c(Cl)nc(NCCOC)nc1NC1CC(CO)C(O)C1O.